The van der Waals surface area contributed by atoms with Gasteiger partial charge in [-0.3, -0.25) is 4.79 Å². The summed E-state index contributed by atoms with van der Waals surface area (Å²) in [4.78, 5) is 13.4. The Morgan fingerprint density at radius 3 is 2.42 bits per heavy atom. The van der Waals surface area contributed by atoms with E-state index in [1.165, 1.54) is 17.7 Å². The van der Waals surface area contributed by atoms with Crippen molar-refractivity contribution in [1.82, 2.24) is 0 Å². The van der Waals surface area contributed by atoms with Crippen molar-refractivity contribution in [2.75, 3.05) is 0 Å². The van der Waals surface area contributed by atoms with Crippen molar-refractivity contribution in [1.29, 1.82) is 0 Å². The third kappa shape index (κ3) is 4.70. The minimum absolute atomic E-state index is 0.0679. The Morgan fingerprint density at radius 2 is 1.69 bits per heavy atom. The smallest absolute Gasteiger partial charge is 0.184 e. The molecule has 1 saturated carbocycles. The van der Waals surface area contributed by atoms with Crippen molar-refractivity contribution < 1.29 is 14.3 Å². The lowest BCUT2D eigenvalue weighted by Gasteiger charge is -2.47. The number of carbonyl (C=O) groups is 1. The Labute approximate surface area is 212 Å². The summed E-state index contributed by atoms with van der Waals surface area (Å²) < 4.78 is 13.4. The first-order valence-corrected chi connectivity index (χ1v) is 12.4. The monoisotopic (exact) mass is 476 g/mol. The van der Waals surface area contributed by atoms with Crippen molar-refractivity contribution in [3.8, 4) is 11.8 Å². The lowest BCUT2D eigenvalue weighted by Crippen LogP contribution is -2.44. The van der Waals surface area contributed by atoms with Crippen LogP contribution in [0.2, 0.25) is 0 Å². The molecule has 0 bridgehead atoms. The summed E-state index contributed by atoms with van der Waals surface area (Å²) in [5.74, 6) is 6.02. The standard InChI is InChI=1S/C33H29FO2/c1-22-30-19-27(26-8-4-3-5-9-26)20-31(35)33(30,2)21-28(32(22)36)17-25-15-12-23(13-16-25)11-14-24-7-6-10-29(34)18-24/h3-10,12-13,15-18,27,31,35H,19-21H2,1-2H3/b28-17+/t27?,31-,33-/m0/s1. The molecule has 1 unspecified atom stereocenters. The molecule has 36 heavy (non-hydrogen) atoms. The molecule has 2 aliphatic rings. The Kier molecular flexibility index (Phi) is 6.48. The molecule has 180 valence electrons. The molecule has 5 rings (SSSR count). The van der Waals surface area contributed by atoms with Gasteiger partial charge in [-0.25, -0.2) is 4.39 Å². The molecule has 0 spiro atoms. The second-order valence-electron chi connectivity index (χ2n) is 10.1. The van der Waals surface area contributed by atoms with Crippen LogP contribution in [0.4, 0.5) is 4.39 Å². The van der Waals surface area contributed by atoms with Crippen LogP contribution in [0.25, 0.3) is 6.08 Å². The van der Waals surface area contributed by atoms with E-state index in [0.717, 1.165) is 34.3 Å². The highest BCUT2D eigenvalue weighted by atomic mass is 19.1. The van der Waals surface area contributed by atoms with Crippen LogP contribution in [0.1, 0.15) is 61.3 Å². The van der Waals surface area contributed by atoms with Gasteiger partial charge in [-0.05, 0) is 85.2 Å². The minimum Gasteiger partial charge on any atom is -0.392 e. The molecule has 3 atom stereocenters. The summed E-state index contributed by atoms with van der Waals surface area (Å²) in [6.07, 6.45) is 3.45. The second kappa shape index (κ2) is 9.72. The van der Waals surface area contributed by atoms with Gasteiger partial charge in [-0.1, -0.05) is 72.9 Å². The molecule has 0 radical (unpaired) electrons. The highest BCUT2D eigenvalue weighted by Crippen LogP contribution is 2.53. The molecule has 2 nitrogen and oxygen atoms in total. The van der Waals surface area contributed by atoms with Gasteiger partial charge in [0.05, 0.1) is 6.10 Å². The molecular formula is C33H29FO2. The number of aliphatic hydroxyl groups is 1. The third-order valence-electron chi connectivity index (χ3n) is 7.72. The van der Waals surface area contributed by atoms with Crippen LogP contribution < -0.4 is 0 Å². The average Bonchev–Trinajstić information content (AvgIpc) is 2.88. The number of halogens is 1. The van der Waals surface area contributed by atoms with Crippen molar-refractivity contribution in [3.63, 3.8) is 0 Å². The summed E-state index contributed by atoms with van der Waals surface area (Å²) in [5, 5.41) is 11.3. The van der Waals surface area contributed by atoms with Gasteiger partial charge in [-0.2, -0.15) is 0 Å². The number of hydrogen-bond acceptors (Lipinski definition) is 2. The largest absolute Gasteiger partial charge is 0.392 e. The van der Waals surface area contributed by atoms with Crippen molar-refractivity contribution in [2.45, 2.75) is 45.1 Å². The van der Waals surface area contributed by atoms with E-state index in [9.17, 15) is 14.3 Å². The average molecular weight is 477 g/mol. The topological polar surface area (TPSA) is 37.3 Å². The Morgan fingerprint density at radius 1 is 0.972 bits per heavy atom. The van der Waals surface area contributed by atoms with Gasteiger partial charge < -0.3 is 5.11 Å². The van der Waals surface area contributed by atoms with Crippen LogP contribution in [0, 0.1) is 23.1 Å². The van der Waals surface area contributed by atoms with Crippen molar-refractivity contribution in [2.24, 2.45) is 5.41 Å². The number of hydrogen-bond donors (Lipinski definition) is 1. The van der Waals surface area contributed by atoms with E-state index in [2.05, 4.69) is 30.9 Å². The molecule has 0 saturated heterocycles. The van der Waals surface area contributed by atoms with E-state index in [0.29, 0.717) is 18.4 Å². The molecule has 3 heteroatoms. The zero-order valence-corrected chi connectivity index (χ0v) is 20.6. The number of aliphatic hydroxyl groups excluding tert-OH is 1. The zero-order chi connectivity index (χ0) is 25.3. The van der Waals surface area contributed by atoms with Gasteiger partial charge >= 0.3 is 0 Å². The first-order valence-electron chi connectivity index (χ1n) is 12.4. The number of fused-ring (bicyclic) bond motifs is 1. The molecule has 0 heterocycles. The predicted octanol–water partition coefficient (Wildman–Crippen LogP) is 6.84. The molecule has 3 aromatic carbocycles. The molecule has 2 aliphatic carbocycles. The Hall–Kier alpha value is -3.74. The van der Waals surface area contributed by atoms with Gasteiger partial charge in [0.1, 0.15) is 5.82 Å². The van der Waals surface area contributed by atoms with Crippen LogP contribution in [-0.4, -0.2) is 17.0 Å². The van der Waals surface area contributed by atoms with Gasteiger partial charge in [0, 0.05) is 22.1 Å². The van der Waals surface area contributed by atoms with E-state index in [1.807, 2.05) is 55.5 Å². The third-order valence-corrected chi connectivity index (χ3v) is 7.72. The molecular weight excluding hydrogens is 447 g/mol. The summed E-state index contributed by atoms with van der Waals surface area (Å²) in [6, 6.07) is 24.2. The first-order chi connectivity index (χ1) is 17.3. The van der Waals surface area contributed by atoms with E-state index in [4.69, 9.17) is 0 Å². The van der Waals surface area contributed by atoms with Gasteiger partial charge in [0.2, 0.25) is 0 Å². The van der Waals surface area contributed by atoms with Crippen LogP contribution in [0.15, 0.2) is 95.6 Å². The van der Waals surface area contributed by atoms with Crippen molar-refractivity contribution in [3.05, 3.63) is 124 Å². The maximum Gasteiger partial charge on any atom is 0.184 e. The van der Waals surface area contributed by atoms with E-state index in [-0.39, 0.29) is 17.5 Å². The fourth-order valence-electron chi connectivity index (χ4n) is 5.62. The predicted molar refractivity (Wildman–Crippen MR) is 142 cm³/mol. The van der Waals surface area contributed by atoms with E-state index >= 15 is 0 Å². The molecule has 0 aliphatic heterocycles. The molecule has 0 aromatic heterocycles. The minimum atomic E-state index is -0.515. The summed E-state index contributed by atoms with van der Waals surface area (Å²) in [7, 11) is 0. The molecule has 3 aromatic rings. The Bertz CT molecular complexity index is 1420. The van der Waals surface area contributed by atoms with Crippen LogP contribution >= 0.6 is 0 Å². The summed E-state index contributed by atoms with van der Waals surface area (Å²) in [6.45, 7) is 4.01. The normalized spacial score (nSPS) is 24.8. The summed E-state index contributed by atoms with van der Waals surface area (Å²) in [5.41, 5.74) is 5.74. The number of allylic oxidation sites excluding steroid dienone is 2. The molecule has 0 amide bonds. The Balaban J connectivity index is 1.39. The van der Waals surface area contributed by atoms with Crippen LogP contribution in [0.5, 0.6) is 0 Å². The fourth-order valence-corrected chi connectivity index (χ4v) is 5.62. The molecule has 1 N–H and O–H groups in total. The fraction of sp³-hybridized carbons (Fsp3) is 0.242. The zero-order valence-electron chi connectivity index (χ0n) is 20.6. The lowest BCUT2D eigenvalue weighted by atomic mass is 9.58. The number of rotatable bonds is 2. The number of ketones is 1. The second-order valence-corrected chi connectivity index (χ2v) is 10.1. The SMILES string of the molecule is CC1=C2CC(c3ccccc3)C[C@H](O)[C@@]2(C)C/C(=C\c2ccc(C#Cc3cccc(F)c3)cc2)C1=O. The van der Waals surface area contributed by atoms with E-state index < -0.39 is 11.5 Å². The highest BCUT2D eigenvalue weighted by molar-refractivity contribution is 6.12. The first kappa shape index (κ1) is 24.0. The van der Waals surface area contributed by atoms with Gasteiger partial charge in [0.15, 0.2) is 5.78 Å². The number of carbonyl (C=O) groups excluding carboxylic acids is 1. The van der Waals surface area contributed by atoms with Crippen molar-refractivity contribution >= 4 is 11.9 Å². The van der Waals surface area contributed by atoms with Gasteiger partial charge in [-0.15, -0.1) is 0 Å². The number of Topliss-reactive ketones (excluding diaryl/α,β-unsaturated/α-hetero) is 1. The maximum atomic E-state index is 13.4. The number of benzene rings is 3. The quantitative estimate of drug-likeness (QED) is 0.325. The summed E-state index contributed by atoms with van der Waals surface area (Å²) >= 11 is 0. The van der Waals surface area contributed by atoms with Crippen LogP contribution in [0.3, 0.4) is 0 Å². The van der Waals surface area contributed by atoms with E-state index in [1.54, 1.807) is 12.1 Å². The lowest BCUT2D eigenvalue weighted by molar-refractivity contribution is -0.113. The van der Waals surface area contributed by atoms with Crippen LogP contribution in [-0.2, 0) is 4.79 Å². The maximum absolute atomic E-state index is 13.4. The van der Waals surface area contributed by atoms with Gasteiger partial charge in [0.25, 0.3) is 0 Å². The molecule has 1 fully saturated rings. The highest BCUT2D eigenvalue weighted by Gasteiger charge is 2.48.